The Hall–Kier alpha value is 0.935. The molecule has 0 atom stereocenters. The van der Waals surface area contributed by atoms with Crippen LogP contribution in [0.2, 0.25) is 6.32 Å². The van der Waals surface area contributed by atoms with Gasteiger partial charge >= 0.3 is 5.54 Å². The van der Waals surface area contributed by atoms with Gasteiger partial charge in [0.1, 0.15) is 0 Å². The number of alkyl halides is 1. The monoisotopic (exact) mass is 284 g/mol. The summed E-state index contributed by atoms with van der Waals surface area (Å²) in [5.41, 5.74) is 0.0758. The first kappa shape index (κ1) is 16.9. The standard InChI is InChI=1S/C12H24BCl3/c1-10(2,8-12(5,6)14)7-11(3,4)9-13(15)16/h7-9H2,1-6H3. The predicted molar refractivity (Wildman–Crippen MR) is 79.0 cm³/mol. The predicted octanol–water partition coefficient (Wildman–Crippen LogP) is 5.80. The first-order chi connectivity index (χ1) is 6.83. The molecule has 0 fully saturated rings. The van der Waals surface area contributed by atoms with Crippen molar-refractivity contribution in [3.63, 3.8) is 0 Å². The molecule has 0 nitrogen and oxygen atoms in total. The van der Waals surface area contributed by atoms with Crippen molar-refractivity contribution >= 4 is 40.1 Å². The van der Waals surface area contributed by atoms with E-state index in [0.717, 1.165) is 19.2 Å². The van der Waals surface area contributed by atoms with Gasteiger partial charge in [-0.3, -0.25) is 0 Å². The Balaban J connectivity index is 4.45. The molecule has 96 valence electrons. The summed E-state index contributed by atoms with van der Waals surface area (Å²) in [5, 5.41) is 0. The van der Waals surface area contributed by atoms with Gasteiger partial charge in [0.25, 0.3) is 0 Å². The van der Waals surface area contributed by atoms with Crippen LogP contribution in [0.25, 0.3) is 0 Å². The zero-order valence-electron chi connectivity index (χ0n) is 11.3. The minimum atomic E-state index is -0.283. The van der Waals surface area contributed by atoms with Gasteiger partial charge in [-0.1, -0.05) is 27.7 Å². The quantitative estimate of drug-likeness (QED) is 0.427. The van der Waals surface area contributed by atoms with Crippen LogP contribution in [0.3, 0.4) is 0 Å². The molecule has 0 aliphatic heterocycles. The van der Waals surface area contributed by atoms with E-state index in [1.54, 1.807) is 0 Å². The third-order valence-electron chi connectivity index (χ3n) is 2.56. The Kier molecular flexibility index (Phi) is 6.05. The van der Waals surface area contributed by atoms with Gasteiger partial charge in [-0.05, 0) is 43.8 Å². The number of rotatable bonds is 6. The summed E-state index contributed by atoms with van der Waals surface area (Å²) in [6.45, 7) is 13.1. The van der Waals surface area contributed by atoms with E-state index in [1.165, 1.54) is 0 Å². The van der Waals surface area contributed by atoms with E-state index in [4.69, 9.17) is 34.5 Å². The average Bonchev–Trinajstić information content (AvgIpc) is 1.69. The fourth-order valence-corrected chi connectivity index (χ4v) is 4.18. The summed E-state index contributed by atoms with van der Waals surface area (Å²) in [7, 11) is 0. The fraction of sp³-hybridized carbons (Fsp3) is 1.00. The van der Waals surface area contributed by atoms with Gasteiger partial charge < -0.3 is 0 Å². The van der Waals surface area contributed by atoms with Gasteiger partial charge in [-0.2, -0.15) is 22.9 Å². The lowest BCUT2D eigenvalue weighted by Crippen LogP contribution is -2.30. The molecule has 0 rings (SSSR count). The maximum atomic E-state index is 6.30. The topological polar surface area (TPSA) is 0 Å². The van der Waals surface area contributed by atoms with Gasteiger partial charge in [0, 0.05) is 4.87 Å². The second-order valence-electron chi connectivity index (χ2n) is 7.00. The van der Waals surface area contributed by atoms with Crippen molar-refractivity contribution in [3.05, 3.63) is 0 Å². The van der Waals surface area contributed by atoms with Gasteiger partial charge in [0.05, 0.1) is 0 Å². The van der Waals surface area contributed by atoms with Crippen LogP contribution >= 0.6 is 34.5 Å². The van der Waals surface area contributed by atoms with Crippen molar-refractivity contribution in [2.45, 2.75) is 65.6 Å². The zero-order valence-corrected chi connectivity index (χ0v) is 13.6. The van der Waals surface area contributed by atoms with E-state index in [1.807, 2.05) is 0 Å². The Morgan fingerprint density at radius 2 is 1.25 bits per heavy atom. The summed E-state index contributed by atoms with van der Waals surface area (Å²) >= 11 is 18.0. The first-order valence-corrected chi connectivity index (χ1v) is 7.05. The molecule has 0 aromatic heterocycles. The molecule has 16 heavy (non-hydrogen) atoms. The molecule has 0 unspecified atom stereocenters. The highest BCUT2D eigenvalue weighted by molar-refractivity contribution is 7.33. The fourth-order valence-electron chi connectivity index (χ4n) is 2.99. The molecule has 0 saturated heterocycles. The van der Waals surface area contributed by atoms with Crippen LogP contribution < -0.4 is 0 Å². The normalized spacial score (nSPS) is 14.1. The summed E-state index contributed by atoms with van der Waals surface area (Å²) in [5.74, 6) is 0. The Morgan fingerprint density at radius 3 is 1.56 bits per heavy atom. The van der Waals surface area contributed by atoms with Crippen molar-refractivity contribution in [2.75, 3.05) is 0 Å². The highest BCUT2D eigenvalue weighted by Crippen LogP contribution is 2.43. The second kappa shape index (κ2) is 5.72. The van der Waals surface area contributed by atoms with Crippen molar-refractivity contribution in [2.24, 2.45) is 10.8 Å². The third kappa shape index (κ3) is 9.02. The maximum absolute atomic E-state index is 6.30. The SMILES string of the molecule is CC(C)(Cl)CC(C)(C)CC(C)(C)CB(Cl)Cl. The van der Waals surface area contributed by atoms with Crippen LogP contribution in [0, 0.1) is 10.8 Å². The summed E-state index contributed by atoms with van der Waals surface area (Å²) < 4.78 is 0. The van der Waals surface area contributed by atoms with Crippen molar-refractivity contribution in [1.29, 1.82) is 0 Å². The molecular weight excluding hydrogens is 261 g/mol. The molecule has 0 amide bonds. The largest absolute Gasteiger partial charge is 0.352 e. The molecule has 0 aliphatic rings. The first-order valence-electron chi connectivity index (χ1n) is 5.80. The molecule has 0 aromatic carbocycles. The maximum Gasteiger partial charge on any atom is 0.352 e. The summed E-state index contributed by atoms with van der Waals surface area (Å²) in [4.78, 5) is -0.152. The lowest BCUT2D eigenvalue weighted by molar-refractivity contribution is 0.185. The van der Waals surface area contributed by atoms with Crippen molar-refractivity contribution in [1.82, 2.24) is 0 Å². The van der Waals surface area contributed by atoms with Crippen molar-refractivity contribution in [3.8, 4) is 0 Å². The minimum Gasteiger partial charge on any atom is -0.172 e. The molecule has 0 heterocycles. The second-order valence-corrected chi connectivity index (χ2v) is 9.30. The van der Waals surface area contributed by atoms with E-state index in [0.29, 0.717) is 0 Å². The highest BCUT2D eigenvalue weighted by atomic mass is 35.5. The molecule has 0 saturated carbocycles. The van der Waals surface area contributed by atoms with E-state index in [2.05, 4.69) is 41.5 Å². The Labute approximate surface area is 116 Å². The van der Waals surface area contributed by atoms with E-state index >= 15 is 0 Å². The summed E-state index contributed by atoms with van der Waals surface area (Å²) in [6.07, 6.45) is 2.88. The Bertz CT molecular complexity index is 217. The van der Waals surface area contributed by atoms with Crippen molar-refractivity contribution < 1.29 is 0 Å². The van der Waals surface area contributed by atoms with Crippen LogP contribution in [-0.2, 0) is 0 Å². The number of hydrogen-bond donors (Lipinski definition) is 0. The van der Waals surface area contributed by atoms with E-state index < -0.39 is 0 Å². The molecule has 0 radical (unpaired) electrons. The molecule has 4 heteroatoms. The zero-order chi connectivity index (χ0) is 13.2. The van der Waals surface area contributed by atoms with Gasteiger partial charge in [0.15, 0.2) is 0 Å². The highest BCUT2D eigenvalue weighted by Gasteiger charge is 2.34. The molecule has 0 bridgehead atoms. The van der Waals surface area contributed by atoms with E-state index in [-0.39, 0.29) is 21.2 Å². The van der Waals surface area contributed by atoms with Gasteiger partial charge in [-0.25, -0.2) is 0 Å². The summed E-state index contributed by atoms with van der Waals surface area (Å²) in [6, 6.07) is 0. The number of halogens is 3. The van der Waals surface area contributed by atoms with Crippen LogP contribution in [0.15, 0.2) is 0 Å². The van der Waals surface area contributed by atoms with Crippen LogP contribution in [-0.4, -0.2) is 10.4 Å². The lowest BCUT2D eigenvalue weighted by atomic mass is 9.66. The molecule has 0 aromatic rings. The molecule has 0 spiro atoms. The lowest BCUT2D eigenvalue weighted by Gasteiger charge is -2.38. The smallest absolute Gasteiger partial charge is 0.172 e. The van der Waals surface area contributed by atoms with Crippen LogP contribution in [0.1, 0.15) is 54.4 Å². The Morgan fingerprint density at radius 1 is 0.812 bits per heavy atom. The van der Waals surface area contributed by atoms with Gasteiger partial charge in [0.2, 0.25) is 0 Å². The van der Waals surface area contributed by atoms with Crippen LogP contribution in [0.4, 0.5) is 0 Å². The molecular formula is C12H24BCl3. The average molecular weight is 285 g/mol. The number of hydrogen-bond acceptors (Lipinski definition) is 0. The van der Waals surface area contributed by atoms with Crippen LogP contribution in [0.5, 0.6) is 0 Å². The third-order valence-corrected chi connectivity index (χ3v) is 3.01. The molecule has 0 N–H and O–H groups in total. The minimum absolute atomic E-state index is 0.152. The van der Waals surface area contributed by atoms with E-state index in [9.17, 15) is 0 Å². The van der Waals surface area contributed by atoms with Gasteiger partial charge in [-0.15, -0.1) is 11.6 Å². The molecule has 0 aliphatic carbocycles.